The first-order chi connectivity index (χ1) is 10.5. The summed E-state index contributed by atoms with van der Waals surface area (Å²) in [5, 5.41) is 7.08. The van der Waals surface area contributed by atoms with Gasteiger partial charge in [0.05, 0.1) is 11.9 Å². The van der Waals surface area contributed by atoms with Gasteiger partial charge in [-0.1, -0.05) is 13.8 Å². The first-order valence-corrected chi connectivity index (χ1v) is 8.00. The van der Waals surface area contributed by atoms with Crippen molar-refractivity contribution in [1.82, 2.24) is 15.1 Å². The van der Waals surface area contributed by atoms with Crippen molar-refractivity contribution in [1.29, 1.82) is 0 Å². The molecule has 1 aromatic rings. The first-order valence-electron chi connectivity index (χ1n) is 8.00. The third-order valence-corrected chi connectivity index (χ3v) is 4.14. The van der Waals surface area contributed by atoms with E-state index in [1.807, 2.05) is 0 Å². The third kappa shape index (κ3) is 4.58. The average Bonchev–Trinajstić information content (AvgIpc) is 2.94. The van der Waals surface area contributed by atoms with Crippen molar-refractivity contribution in [2.24, 2.45) is 18.9 Å². The molecule has 1 saturated heterocycles. The topological polar surface area (TPSA) is 67.2 Å². The highest BCUT2D eigenvalue weighted by molar-refractivity contribution is 5.75. The van der Waals surface area contributed by atoms with Gasteiger partial charge in [-0.15, -0.1) is 0 Å². The molecule has 1 amide bonds. The highest BCUT2D eigenvalue weighted by Crippen LogP contribution is 2.21. The molecule has 1 aromatic heterocycles. The van der Waals surface area contributed by atoms with E-state index in [4.69, 9.17) is 0 Å². The highest BCUT2D eigenvalue weighted by Gasteiger charge is 2.23. The van der Waals surface area contributed by atoms with Gasteiger partial charge >= 0.3 is 0 Å². The lowest BCUT2D eigenvalue weighted by Crippen LogP contribution is -2.31. The van der Waals surface area contributed by atoms with E-state index in [2.05, 4.69) is 29.2 Å². The number of anilines is 1. The zero-order valence-electron chi connectivity index (χ0n) is 13.7. The van der Waals surface area contributed by atoms with Gasteiger partial charge in [0.15, 0.2) is 0 Å². The predicted octanol–water partition coefficient (Wildman–Crippen LogP) is 1.16. The van der Waals surface area contributed by atoms with Gasteiger partial charge in [0.2, 0.25) is 5.91 Å². The van der Waals surface area contributed by atoms with E-state index in [0.717, 1.165) is 31.6 Å². The zero-order valence-corrected chi connectivity index (χ0v) is 13.7. The lowest BCUT2D eigenvalue weighted by Gasteiger charge is -2.18. The summed E-state index contributed by atoms with van der Waals surface area (Å²) in [6, 6.07) is 1.62. The molecule has 0 unspecified atom stereocenters. The Bertz CT molecular complexity index is 568. The minimum Gasteiger partial charge on any atom is -0.370 e. The van der Waals surface area contributed by atoms with Crippen LogP contribution in [-0.2, 0) is 11.8 Å². The smallest absolute Gasteiger partial charge is 0.268 e. The summed E-state index contributed by atoms with van der Waals surface area (Å²) in [6.45, 7) is 6.73. The molecule has 1 N–H and O–H groups in total. The van der Waals surface area contributed by atoms with E-state index in [1.165, 1.54) is 4.68 Å². The van der Waals surface area contributed by atoms with E-state index in [1.54, 1.807) is 19.3 Å². The van der Waals surface area contributed by atoms with Crippen LogP contribution in [0.25, 0.3) is 0 Å². The summed E-state index contributed by atoms with van der Waals surface area (Å²) in [6.07, 6.45) is 4.29. The number of hydrogen-bond donors (Lipinski definition) is 1. The molecule has 1 fully saturated rings. The second kappa shape index (κ2) is 7.42. The molecule has 22 heavy (non-hydrogen) atoms. The van der Waals surface area contributed by atoms with Gasteiger partial charge in [-0.3, -0.25) is 9.59 Å². The normalized spacial score (nSPS) is 18.0. The number of carbonyl (C=O) groups is 1. The fourth-order valence-corrected chi connectivity index (χ4v) is 2.63. The molecule has 0 radical (unpaired) electrons. The number of aryl methyl sites for hydroxylation is 1. The Labute approximate surface area is 131 Å². The van der Waals surface area contributed by atoms with Crippen LogP contribution >= 0.6 is 0 Å². The van der Waals surface area contributed by atoms with Gasteiger partial charge in [-0.25, -0.2) is 4.68 Å². The molecule has 6 nitrogen and oxygen atoms in total. The summed E-state index contributed by atoms with van der Waals surface area (Å²) in [4.78, 5) is 25.6. The summed E-state index contributed by atoms with van der Waals surface area (Å²) in [7, 11) is 1.64. The molecule has 1 atom stereocenters. The first kappa shape index (κ1) is 16.5. The lowest BCUT2D eigenvalue weighted by atomic mass is 10.1. The van der Waals surface area contributed by atoms with E-state index >= 15 is 0 Å². The van der Waals surface area contributed by atoms with Crippen LogP contribution in [-0.4, -0.2) is 35.3 Å². The Morgan fingerprint density at radius 1 is 1.50 bits per heavy atom. The van der Waals surface area contributed by atoms with Gasteiger partial charge in [-0.05, 0) is 24.7 Å². The maximum atomic E-state index is 11.8. The molecule has 0 bridgehead atoms. The highest BCUT2D eigenvalue weighted by atomic mass is 16.1. The quantitative estimate of drug-likeness (QED) is 0.856. The fraction of sp³-hybridized carbons (Fsp3) is 0.688. The van der Waals surface area contributed by atoms with Crippen LogP contribution in [0.5, 0.6) is 0 Å². The van der Waals surface area contributed by atoms with Crippen molar-refractivity contribution in [2.75, 3.05) is 24.5 Å². The lowest BCUT2D eigenvalue weighted by molar-refractivity contribution is -0.121. The van der Waals surface area contributed by atoms with Crippen molar-refractivity contribution < 1.29 is 4.79 Å². The van der Waals surface area contributed by atoms with Gasteiger partial charge in [0, 0.05) is 39.2 Å². The Morgan fingerprint density at radius 2 is 2.27 bits per heavy atom. The monoisotopic (exact) mass is 306 g/mol. The van der Waals surface area contributed by atoms with Crippen LogP contribution in [0.2, 0.25) is 0 Å². The SMILES string of the molecule is CC(C)CCC(=O)NC[C@H]1CCN(c2cnn(C)c(=O)c2)C1. The van der Waals surface area contributed by atoms with Gasteiger partial charge in [0.1, 0.15) is 0 Å². The molecule has 0 spiro atoms. The number of aromatic nitrogens is 2. The molecule has 0 aliphatic carbocycles. The Morgan fingerprint density at radius 3 is 2.95 bits per heavy atom. The molecule has 0 aromatic carbocycles. The van der Waals surface area contributed by atoms with E-state index in [0.29, 0.717) is 24.8 Å². The molecule has 0 saturated carbocycles. The van der Waals surface area contributed by atoms with Crippen molar-refractivity contribution in [2.45, 2.75) is 33.1 Å². The standard InChI is InChI=1S/C16H26N4O2/c1-12(2)4-5-15(21)17-9-13-6-7-20(11-13)14-8-16(22)19(3)18-10-14/h8,10,12-13H,4-7,9,11H2,1-3H3,(H,17,21)/t13-/m1/s1. The number of rotatable bonds is 6. The molecule has 1 aliphatic rings. The van der Waals surface area contributed by atoms with Crippen molar-refractivity contribution in [3.8, 4) is 0 Å². The molecular weight excluding hydrogens is 280 g/mol. The Kier molecular flexibility index (Phi) is 5.57. The van der Waals surface area contributed by atoms with Crippen molar-refractivity contribution >= 4 is 11.6 Å². The largest absolute Gasteiger partial charge is 0.370 e. The molecule has 1 aliphatic heterocycles. The van der Waals surface area contributed by atoms with Gasteiger partial charge in [-0.2, -0.15) is 5.10 Å². The Balaban J connectivity index is 1.79. The molecule has 2 rings (SSSR count). The third-order valence-electron chi connectivity index (χ3n) is 4.14. The van der Waals surface area contributed by atoms with Crippen LogP contribution < -0.4 is 15.8 Å². The van der Waals surface area contributed by atoms with Crippen LogP contribution in [0.1, 0.15) is 33.1 Å². The number of amides is 1. The average molecular weight is 306 g/mol. The van der Waals surface area contributed by atoms with E-state index in [-0.39, 0.29) is 11.5 Å². The van der Waals surface area contributed by atoms with Crippen LogP contribution in [0.15, 0.2) is 17.1 Å². The number of carbonyl (C=O) groups excluding carboxylic acids is 1. The van der Waals surface area contributed by atoms with Crippen molar-refractivity contribution in [3.05, 3.63) is 22.6 Å². The van der Waals surface area contributed by atoms with Crippen LogP contribution in [0.4, 0.5) is 5.69 Å². The predicted molar refractivity (Wildman–Crippen MR) is 86.9 cm³/mol. The summed E-state index contributed by atoms with van der Waals surface area (Å²) in [5.41, 5.74) is 0.777. The zero-order chi connectivity index (χ0) is 16.1. The fourth-order valence-electron chi connectivity index (χ4n) is 2.63. The van der Waals surface area contributed by atoms with E-state index < -0.39 is 0 Å². The minimum absolute atomic E-state index is 0.0945. The number of nitrogens with zero attached hydrogens (tertiary/aromatic N) is 3. The van der Waals surface area contributed by atoms with Crippen LogP contribution in [0, 0.1) is 11.8 Å². The molecule has 6 heteroatoms. The van der Waals surface area contributed by atoms with Crippen molar-refractivity contribution in [3.63, 3.8) is 0 Å². The molecule has 2 heterocycles. The van der Waals surface area contributed by atoms with Crippen LogP contribution in [0.3, 0.4) is 0 Å². The second-order valence-electron chi connectivity index (χ2n) is 6.51. The summed E-state index contributed by atoms with van der Waals surface area (Å²) >= 11 is 0. The maximum absolute atomic E-state index is 11.8. The maximum Gasteiger partial charge on any atom is 0.268 e. The minimum atomic E-state index is -0.0945. The number of nitrogens with one attached hydrogen (secondary N) is 1. The van der Waals surface area contributed by atoms with Gasteiger partial charge < -0.3 is 10.2 Å². The summed E-state index contributed by atoms with van der Waals surface area (Å²) in [5.74, 6) is 1.13. The number of hydrogen-bond acceptors (Lipinski definition) is 4. The summed E-state index contributed by atoms with van der Waals surface area (Å²) < 4.78 is 1.33. The Hall–Kier alpha value is -1.85. The molecule has 122 valence electrons. The second-order valence-corrected chi connectivity index (χ2v) is 6.51. The molecular formula is C16H26N4O2. The van der Waals surface area contributed by atoms with E-state index in [9.17, 15) is 9.59 Å². The van der Waals surface area contributed by atoms with Gasteiger partial charge in [0.25, 0.3) is 5.56 Å².